The number of aliphatic hydroxyl groups is 1. The molecule has 4 heteroatoms. The number of allylic oxidation sites excluding steroid dienone is 1. The number of hydrogen-bond acceptors (Lipinski definition) is 4. The molecule has 172 valence electrons. The Morgan fingerprint density at radius 3 is 1.58 bits per heavy atom. The van der Waals surface area contributed by atoms with Gasteiger partial charge in [0.1, 0.15) is 18.3 Å². The molecule has 1 aliphatic rings. The topological polar surface area (TPSA) is 47.9 Å². The summed E-state index contributed by atoms with van der Waals surface area (Å²) in [6.07, 6.45) is 3.56. The maximum Gasteiger partial charge on any atom is 0.116 e. The van der Waals surface area contributed by atoms with E-state index in [4.69, 9.17) is 14.2 Å². The van der Waals surface area contributed by atoms with Gasteiger partial charge in [0.2, 0.25) is 0 Å². The van der Waals surface area contributed by atoms with E-state index < -0.39 is 18.3 Å². The van der Waals surface area contributed by atoms with Crippen LogP contribution >= 0.6 is 0 Å². The molecule has 0 amide bonds. The number of benzene rings is 3. The van der Waals surface area contributed by atoms with Crippen molar-refractivity contribution in [1.29, 1.82) is 0 Å². The van der Waals surface area contributed by atoms with E-state index in [1.54, 1.807) is 0 Å². The molecule has 0 fully saturated rings. The lowest BCUT2D eigenvalue weighted by Crippen LogP contribution is -2.48. The molecule has 0 radical (unpaired) electrons. The predicted molar refractivity (Wildman–Crippen MR) is 129 cm³/mol. The molecule has 4 atom stereocenters. The first-order chi connectivity index (χ1) is 16.3. The summed E-state index contributed by atoms with van der Waals surface area (Å²) in [6.45, 7) is 1.29. The Labute approximate surface area is 196 Å². The number of rotatable bonds is 9. The van der Waals surface area contributed by atoms with Crippen molar-refractivity contribution in [2.24, 2.45) is 0 Å². The highest BCUT2D eigenvalue weighted by atomic mass is 16.6. The van der Waals surface area contributed by atoms with Crippen LogP contribution in [0.5, 0.6) is 0 Å². The highest BCUT2D eigenvalue weighted by Gasteiger charge is 2.36. The smallest absolute Gasteiger partial charge is 0.116 e. The molecule has 4 nitrogen and oxygen atoms in total. The van der Waals surface area contributed by atoms with E-state index in [9.17, 15) is 5.11 Å². The maximum atomic E-state index is 11.0. The van der Waals surface area contributed by atoms with Crippen molar-refractivity contribution in [3.8, 4) is 0 Å². The first-order valence-electron chi connectivity index (χ1n) is 11.6. The number of aliphatic hydroxyl groups excluding tert-OH is 1. The predicted octanol–water partition coefficient (Wildman–Crippen LogP) is 5.45. The van der Waals surface area contributed by atoms with Crippen LogP contribution in [0.4, 0.5) is 0 Å². The van der Waals surface area contributed by atoms with Gasteiger partial charge in [0.15, 0.2) is 0 Å². The molecule has 3 aromatic rings. The van der Waals surface area contributed by atoms with Crippen LogP contribution < -0.4 is 0 Å². The Morgan fingerprint density at radius 1 is 0.606 bits per heavy atom. The Hall–Kier alpha value is -2.76. The molecule has 0 aromatic heterocycles. The van der Waals surface area contributed by atoms with Gasteiger partial charge in [0, 0.05) is 0 Å². The summed E-state index contributed by atoms with van der Waals surface area (Å²) in [4.78, 5) is 0. The zero-order chi connectivity index (χ0) is 22.7. The molecule has 4 rings (SSSR count). The average molecular weight is 445 g/mol. The lowest BCUT2D eigenvalue weighted by molar-refractivity contribution is -0.171. The summed E-state index contributed by atoms with van der Waals surface area (Å²) in [5, 5.41) is 11.0. The van der Waals surface area contributed by atoms with E-state index in [0.29, 0.717) is 26.2 Å². The van der Waals surface area contributed by atoms with Gasteiger partial charge in [-0.25, -0.2) is 0 Å². The van der Waals surface area contributed by atoms with Crippen LogP contribution in [0.15, 0.2) is 103 Å². The Kier molecular flexibility index (Phi) is 8.84. The maximum absolute atomic E-state index is 11.0. The van der Waals surface area contributed by atoms with Crippen molar-refractivity contribution >= 4 is 0 Å². The minimum Gasteiger partial charge on any atom is -0.390 e. The normalized spacial score (nSPS) is 24.0. The molecule has 0 heterocycles. The van der Waals surface area contributed by atoms with Gasteiger partial charge in [0.05, 0.1) is 25.9 Å². The van der Waals surface area contributed by atoms with Crippen molar-refractivity contribution in [3.63, 3.8) is 0 Å². The van der Waals surface area contributed by atoms with Crippen LogP contribution in [0.2, 0.25) is 0 Å². The van der Waals surface area contributed by atoms with Gasteiger partial charge < -0.3 is 19.3 Å². The van der Waals surface area contributed by atoms with Gasteiger partial charge in [-0.2, -0.15) is 0 Å². The number of hydrogen-bond donors (Lipinski definition) is 1. The fourth-order valence-corrected chi connectivity index (χ4v) is 4.02. The van der Waals surface area contributed by atoms with Crippen LogP contribution in [0.25, 0.3) is 0 Å². The van der Waals surface area contributed by atoms with E-state index in [2.05, 4.69) is 12.2 Å². The quantitative estimate of drug-likeness (QED) is 0.446. The molecular weight excluding hydrogens is 412 g/mol. The van der Waals surface area contributed by atoms with E-state index in [-0.39, 0.29) is 6.10 Å². The summed E-state index contributed by atoms with van der Waals surface area (Å²) < 4.78 is 19.1. The van der Waals surface area contributed by atoms with Crippen LogP contribution in [0.1, 0.15) is 29.5 Å². The van der Waals surface area contributed by atoms with Gasteiger partial charge in [-0.05, 0) is 29.5 Å². The van der Waals surface area contributed by atoms with Crippen molar-refractivity contribution in [2.75, 3.05) is 0 Å². The van der Waals surface area contributed by atoms with E-state index in [1.165, 1.54) is 0 Å². The molecule has 0 saturated heterocycles. The standard InChI is InChI=1S/C29H32O4/c30-26-18-10-11-19-27(31-20-23-12-4-1-5-13-23)29(33-22-25-16-8-3-9-17-25)28(26)32-21-24-14-6-2-7-15-24/h1-9,11-17,19,26-30H,10,18,20-22H2/b19-11-/t26?,27-,28+,29+/m0/s1. The van der Waals surface area contributed by atoms with Gasteiger partial charge in [-0.1, -0.05) is 103 Å². The SMILES string of the molecule is OC1CC/C=C\[C@H](OCc2ccccc2)[C@@H](OCc2ccccc2)[C@@H]1OCc1ccccc1. The second kappa shape index (κ2) is 12.5. The molecular formula is C29H32O4. The fourth-order valence-electron chi connectivity index (χ4n) is 4.02. The molecule has 1 unspecified atom stereocenters. The minimum absolute atomic E-state index is 0.343. The molecule has 3 aromatic carbocycles. The van der Waals surface area contributed by atoms with E-state index in [0.717, 1.165) is 23.1 Å². The molecule has 0 bridgehead atoms. The van der Waals surface area contributed by atoms with Crippen LogP contribution in [0, 0.1) is 0 Å². The summed E-state index contributed by atoms with van der Waals surface area (Å²) in [5.74, 6) is 0. The molecule has 1 aliphatic carbocycles. The zero-order valence-electron chi connectivity index (χ0n) is 18.8. The molecule has 1 N–H and O–H groups in total. The Morgan fingerprint density at radius 2 is 1.06 bits per heavy atom. The second-order valence-electron chi connectivity index (χ2n) is 8.36. The monoisotopic (exact) mass is 444 g/mol. The molecule has 0 saturated carbocycles. The first kappa shape index (κ1) is 23.4. The van der Waals surface area contributed by atoms with Crippen molar-refractivity contribution in [2.45, 2.75) is 57.1 Å². The molecule has 33 heavy (non-hydrogen) atoms. The summed E-state index contributed by atoms with van der Waals surface area (Å²) >= 11 is 0. The second-order valence-corrected chi connectivity index (χ2v) is 8.36. The largest absolute Gasteiger partial charge is 0.390 e. The summed E-state index contributed by atoms with van der Waals surface area (Å²) in [7, 11) is 0. The number of ether oxygens (including phenoxy) is 3. The Bertz CT molecular complexity index is 959. The molecule has 0 spiro atoms. The fraction of sp³-hybridized carbons (Fsp3) is 0.310. The van der Waals surface area contributed by atoms with Gasteiger partial charge >= 0.3 is 0 Å². The lowest BCUT2D eigenvalue weighted by Gasteiger charge is -2.36. The summed E-state index contributed by atoms with van der Waals surface area (Å²) in [5.41, 5.74) is 3.23. The van der Waals surface area contributed by atoms with Crippen molar-refractivity contribution < 1.29 is 19.3 Å². The van der Waals surface area contributed by atoms with Crippen LogP contribution in [-0.4, -0.2) is 29.5 Å². The zero-order valence-corrected chi connectivity index (χ0v) is 18.8. The van der Waals surface area contributed by atoms with E-state index >= 15 is 0 Å². The highest BCUT2D eigenvalue weighted by Crippen LogP contribution is 2.25. The minimum atomic E-state index is -0.651. The van der Waals surface area contributed by atoms with Gasteiger partial charge in [-0.3, -0.25) is 0 Å². The highest BCUT2D eigenvalue weighted by molar-refractivity contribution is 5.16. The van der Waals surface area contributed by atoms with Gasteiger partial charge in [-0.15, -0.1) is 0 Å². The van der Waals surface area contributed by atoms with Crippen LogP contribution in [0.3, 0.4) is 0 Å². The third-order valence-corrected chi connectivity index (χ3v) is 5.84. The van der Waals surface area contributed by atoms with Crippen molar-refractivity contribution in [3.05, 3.63) is 120 Å². The molecule has 0 aliphatic heterocycles. The van der Waals surface area contributed by atoms with Crippen LogP contribution in [-0.2, 0) is 34.0 Å². The third kappa shape index (κ3) is 7.11. The first-order valence-corrected chi connectivity index (χ1v) is 11.6. The average Bonchev–Trinajstić information content (AvgIpc) is 2.86. The summed E-state index contributed by atoms with van der Waals surface area (Å²) in [6, 6.07) is 30.2. The van der Waals surface area contributed by atoms with E-state index in [1.807, 2.05) is 91.0 Å². The van der Waals surface area contributed by atoms with Gasteiger partial charge in [0.25, 0.3) is 0 Å². The Balaban J connectivity index is 1.54. The third-order valence-electron chi connectivity index (χ3n) is 5.84. The van der Waals surface area contributed by atoms with Crippen molar-refractivity contribution in [1.82, 2.24) is 0 Å². The lowest BCUT2D eigenvalue weighted by atomic mass is 9.95.